The van der Waals surface area contributed by atoms with Gasteiger partial charge in [0.15, 0.2) is 0 Å². The summed E-state index contributed by atoms with van der Waals surface area (Å²) in [6.45, 7) is 0.691. The average molecular weight is 324 g/mol. The second-order valence-electron chi connectivity index (χ2n) is 5.98. The van der Waals surface area contributed by atoms with Crippen molar-refractivity contribution in [1.29, 1.82) is 0 Å². The Labute approximate surface area is 141 Å². The van der Waals surface area contributed by atoms with Crippen LogP contribution in [0.25, 0.3) is 0 Å². The fourth-order valence-electron chi connectivity index (χ4n) is 3.49. The van der Waals surface area contributed by atoms with Crippen LogP contribution in [-0.2, 0) is 5.60 Å². The van der Waals surface area contributed by atoms with Crippen molar-refractivity contribution in [3.63, 3.8) is 0 Å². The highest BCUT2D eigenvalue weighted by Crippen LogP contribution is 2.40. The Kier molecular flexibility index (Phi) is 4.62. The average Bonchev–Trinajstić information content (AvgIpc) is 3.10. The van der Waals surface area contributed by atoms with Crippen LogP contribution in [0, 0.1) is 10.1 Å². The van der Waals surface area contributed by atoms with E-state index in [0.717, 1.165) is 30.2 Å². The molecule has 1 aliphatic rings. The van der Waals surface area contributed by atoms with Crippen LogP contribution in [0.3, 0.4) is 0 Å². The molecule has 1 aliphatic heterocycles. The first-order valence-electron chi connectivity index (χ1n) is 8.03. The van der Waals surface area contributed by atoms with Crippen molar-refractivity contribution in [2.45, 2.75) is 24.5 Å². The van der Waals surface area contributed by atoms with Crippen molar-refractivity contribution in [2.24, 2.45) is 0 Å². The molecule has 2 aromatic rings. The lowest BCUT2D eigenvalue weighted by atomic mass is 9.79. The topological polar surface area (TPSA) is 66.6 Å². The third-order valence-electron chi connectivity index (χ3n) is 4.58. The predicted molar refractivity (Wildman–Crippen MR) is 91.7 cm³/mol. The molecule has 0 aromatic heterocycles. The van der Waals surface area contributed by atoms with Gasteiger partial charge in [-0.25, -0.2) is 0 Å². The first-order valence-corrected chi connectivity index (χ1v) is 8.03. The second kappa shape index (κ2) is 6.84. The summed E-state index contributed by atoms with van der Waals surface area (Å²) in [5.74, 6) is 0. The van der Waals surface area contributed by atoms with Gasteiger partial charge in [-0.15, -0.1) is 0 Å². The molecule has 1 heterocycles. The molecule has 1 atom stereocenters. The maximum atomic E-state index is 11.7. The highest BCUT2D eigenvalue weighted by Gasteiger charge is 2.44. The molecule has 3 rings (SSSR count). The number of hydrogen-bond acceptors (Lipinski definition) is 4. The fourth-order valence-corrected chi connectivity index (χ4v) is 3.49. The van der Waals surface area contributed by atoms with Gasteiger partial charge in [-0.05, 0) is 24.0 Å². The SMILES string of the molecule is O=[N+]([O-])C=CN1CCC[C@H]1C(O)(c1ccccc1)c1ccccc1. The number of nitro groups is 1. The summed E-state index contributed by atoms with van der Waals surface area (Å²) in [5, 5.41) is 22.4. The minimum atomic E-state index is -1.22. The Morgan fingerprint density at radius 2 is 1.62 bits per heavy atom. The monoisotopic (exact) mass is 324 g/mol. The van der Waals surface area contributed by atoms with Gasteiger partial charge in [0.05, 0.1) is 17.2 Å². The summed E-state index contributed by atoms with van der Waals surface area (Å²) in [6, 6.07) is 18.8. The zero-order valence-corrected chi connectivity index (χ0v) is 13.3. The van der Waals surface area contributed by atoms with Crippen molar-refractivity contribution >= 4 is 0 Å². The molecule has 0 aliphatic carbocycles. The summed E-state index contributed by atoms with van der Waals surface area (Å²) >= 11 is 0. The van der Waals surface area contributed by atoms with Gasteiger partial charge < -0.3 is 10.0 Å². The molecule has 5 nitrogen and oxygen atoms in total. The number of hydrogen-bond donors (Lipinski definition) is 1. The first-order chi connectivity index (χ1) is 11.6. The number of benzene rings is 2. The Balaban J connectivity index is 2.07. The van der Waals surface area contributed by atoms with Crippen LogP contribution in [0.5, 0.6) is 0 Å². The Bertz CT molecular complexity index is 676. The smallest absolute Gasteiger partial charge is 0.250 e. The van der Waals surface area contributed by atoms with Gasteiger partial charge in [0, 0.05) is 6.54 Å². The van der Waals surface area contributed by atoms with Gasteiger partial charge in [-0.3, -0.25) is 10.1 Å². The maximum absolute atomic E-state index is 11.7. The summed E-state index contributed by atoms with van der Waals surface area (Å²) in [5.41, 5.74) is 0.366. The van der Waals surface area contributed by atoms with Crippen molar-refractivity contribution < 1.29 is 10.0 Å². The summed E-state index contributed by atoms with van der Waals surface area (Å²) in [7, 11) is 0. The van der Waals surface area contributed by atoms with Crippen molar-refractivity contribution in [3.05, 3.63) is 94.3 Å². The lowest BCUT2D eigenvalue weighted by Gasteiger charge is -2.39. The van der Waals surface area contributed by atoms with Gasteiger partial charge in [-0.1, -0.05) is 60.7 Å². The number of rotatable bonds is 5. The number of likely N-dealkylation sites (tertiary alicyclic amines) is 1. The van der Waals surface area contributed by atoms with E-state index in [2.05, 4.69) is 0 Å². The molecule has 0 bridgehead atoms. The van der Waals surface area contributed by atoms with Crippen molar-refractivity contribution in [2.75, 3.05) is 6.54 Å². The van der Waals surface area contributed by atoms with E-state index in [4.69, 9.17) is 0 Å². The van der Waals surface area contributed by atoms with E-state index in [9.17, 15) is 15.2 Å². The molecule has 0 radical (unpaired) electrons. The molecule has 0 spiro atoms. The van der Waals surface area contributed by atoms with E-state index in [0.29, 0.717) is 6.54 Å². The Morgan fingerprint density at radius 3 is 2.12 bits per heavy atom. The standard InChI is InChI=1S/C19H20N2O3/c22-19(16-8-3-1-4-9-16,17-10-5-2-6-11-17)18-12-7-13-20(18)14-15-21(23)24/h1-6,8-11,14-15,18,22H,7,12-13H2/t18-/m0/s1. The Hall–Kier alpha value is -2.66. The molecule has 2 aromatic carbocycles. The van der Waals surface area contributed by atoms with E-state index in [1.165, 1.54) is 6.20 Å². The highest BCUT2D eigenvalue weighted by atomic mass is 16.6. The van der Waals surface area contributed by atoms with Gasteiger partial charge in [0.25, 0.3) is 0 Å². The molecular weight excluding hydrogens is 304 g/mol. The largest absolute Gasteiger partial charge is 0.378 e. The second-order valence-corrected chi connectivity index (χ2v) is 5.98. The molecule has 5 heteroatoms. The van der Waals surface area contributed by atoms with Crippen LogP contribution >= 0.6 is 0 Å². The van der Waals surface area contributed by atoms with E-state index >= 15 is 0 Å². The first kappa shape index (κ1) is 16.2. The van der Waals surface area contributed by atoms with Crippen LogP contribution in [0.2, 0.25) is 0 Å². The zero-order valence-electron chi connectivity index (χ0n) is 13.3. The van der Waals surface area contributed by atoms with Crippen LogP contribution in [0.1, 0.15) is 24.0 Å². The fraction of sp³-hybridized carbons (Fsp3) is 0.263. The van der Waals surface area contributed by atoms with Gasteiger partial charge in [0.1, 0.15) is 5.60 Å². The van der Waals surface area contributed by atoms with E-state index in [1.807, 2.05) is 65.6 Å². The minimum Gasteiger partial charge on any atom is -0.378 e. The highest BCUT2D eigenvalue weighted by molar-refractivity contribution is 5.38. The lowest BCUT2D eigenvalue weighted by Crippen LogP contribution is -2.46. The van der Waals surface area contributed by atoms with Crippen LogP contribution in [-0.4, -0.2) is 27.5 Å². The molecule has 1 N–H and O–H groups in total. The van der Waals surface area contributed by atoms with Crippen LogP contribution in [0.4, 0.5) is 0 Å². The van der Waals surface area contributed by atoms with E-state index in [1.54, 1.807) is 0 Å². The summed E-state index contributed by atoms with van der Waals surface area (Å²) < 4.78 is 0. The third-order valence-corrected chi connectivity index (χ3v) is 4.58. The van der Waals surface area contributed by atoms with Gasteiger partial charge in [-0.2, -0.15) is 0 Å². The van der Waals surface area contributed by atoms with Crippen molar-refractivity contribution in [1.82, 2.24) is 4.90 Å². The maximum Gasteiger partial charge on any atom is 0.250 e. The molecule has 124 valence electrons. The van der Waals surface area contributed by atoms with E-state index < -0.39 is 10.5 Å². The molecular formula is C19H20N2O3. The molecule has 0 amide bonds. The van der Waals surface area contributed by atoms with Gasteiger partial charge >= 0.3 is 0 Å². The minimum absolute atomic E-state index is 0.251. The lowest BCUT2D eigenvalue weighted by molar-refractivity contribution is -0.403. The van der Waals surface area contributed by atoms with Crippen LogP contribution in [0.15, 0.2) is 73.1 Å². The van der Waals surface area contributed by atoms with Crippen LogP contribution < -0.4 is 0 Å². The molecule has 0 saturated carbocycles. The van der Waals surface area contributed by atoms with Gasteiger partial charge in [0.2, 0.25) is 6.20 Å². The number of nitrogens with zero attached hydrogens (tertiary/aromatic N) is 2. The zero-order chi connectivity index (χ0) is 17.0. The predicted octanol–water partition coefficient (Wildman–Crippen LogP) is 3.13. The normalized spacial score (nSPS) is 18.2. The summed E-state index contributed by atoms with van der Waals surface area (Å²) in [6.07, 6.45) is 4.07. The molecule has 0 unspecified atom stereocenters. The molecule has 1 saturated heterocycles. The quantitative estimate of drug-likeness (QED) is 0.678. The third kappa shape index (κ3) is 3.03. The van der Waals surface area contributed by atoms with Crippen molar-refractivity contribution in [3.8, 4) is 0 Å². The Morgan fingerprint density at radius 1 is 1.08 bits per heavy atom. The number of aliphatic hydroxyl groups is 1. The molecule has 1 fully saturated rings. The van der Waals surface area contributed by atoms with E-state index in [-0.39, 0.29) is 6.04 Å². The molecule has 24 heavy (non-hydrogen) atoms. The summed E-state index contributed by atoms with van der Waals surface area (Å²) in [4.78, 5) is 12.1.